The van der Waals surface area contributed by atoms with Crippen molar-refractivity contribution in [2.24, 2.45) is 0 Å². The molecular weight excluding hydrogens is 536 g/mol. The summed E-state index contributed by atoms with van der Waals surface area (Å²) in [7, 11) is 0. The monoisotopic (exact) mass is 568 g/mol. The van der Waals surface area contributed by atoms with Crippen LogP contribution in [0.15, 0.2) is 82.2 Å². The third-order valence-electron chi connectivity index (χ3n) is 7.61. The van der Waals surface area contributed by atoms with Crippen LogP contribution in [0.25, 0.3) is 11.0 Å². The molecule has 42 heavy (non-hydrogen) atoms. The van der Waals surface area contributed by atoms with Crippen LogP contribution in [0.5, 0.6) is 11.5 Å². The van der Waals surface area contributed by atoms with Gasteiger partial charge in [0.2, 0.25) is 12.7 Å². The molecule has 0 N–H and O–H groups in total. The molecule has 6 rings (SSSR count). The fourth-order valence-electron chi connectivity index (χ4n) is 5.36. The molecule has 4 aromatic rings. The van der Waals surface area contributed by atoms with E-state index in [4.69, 9.17) is 18.6 Å². The zero-order valence-electron chi connectivity index (χ0n) is 23.4. The van der Waals surface area contributed by atoms with Crippen molar-refractivity contribution in [2.75, 3.05) is 26.5 Å². The molecule has 216 valence electrons. The lowest BCUT2D eigenvalue weighted by molar-refractivity contribution is -0.133. The van der Waals surface area contributed by atoms with Gasteiger partial charge in [0.05, 0.1) is 29.9 Å². The molecule has 2 amide bonds. The van der Waals surface area contributed by atoms with Crippen molar-refractivity contribution in [3.63, 3.8) is 0 Å². The molecule has 1 aromatic heterocycles. The Hall–Kier alpha value is -4.63. The number of aryl methyl sites for hydroxylation is 1. The van der Waals surface area contributed by atoms with Crippen molar-refractivity contribution in [3.05, 3.63) is 105 Å². The molecule has 0 saturated carbocycles. The van der Waals surface area contributed by atoms with Crippen LogP contribution in [0.2, 0.25) is 0 Å². The van der Waals surface area contributed by atoms with Crippen LogP contribution in [0.1, 0.15) is 39.9 Å². The van der Waals surface area contributed by atoms with Gasteiger partial charge in [0, 0.05) is 25.3 Å². The van der Waals surface area contributed by atoms with Gasteiger partial charge in [-0.3, -0.25) is 14.4 Å². The van der Waals surface area contributed by atoms with Gasteiger partial charge in [-0.15, -0.1) is 0 Å². The maximum atomic E-state index is 14.0. The summed E-state index contributed by atoms with van der Waals surface area (Å²) in [5, 5.41) is 0.470. The Morgan fingerprint density at radius 3 is 2.57 bits per heavy atom. The smallest absolute Gasteiger partial charge is 0.254 e. The summed E-state index contributed by atoms with van der Waals surface area (Å²) in [5.41, 5.74) is 2.91. The molecule has 1 unspecified atom stereocenters. The van der Waals surface area contributed by atoms with Crippen molar-refractivity contribution in [1.82, 2.24) is 9.80 Å². The number of hydrogen-bond acceptors (Lipinski definition) is 7. The first kappa shape index (κ1) is 27.5. The molecular formula is C33H32N2O7. The Kier molecular flexibility index (Phi) is 7.92. The van der Waals surface area contributed by atoms with E-state index in [0.29, 0.717) is 40.2 Å². The van der Waals surface area contributed by atoms with Gasteiger partial charge >= 0.3 is 0 Å². The first-order valence-electron chi connectivity index (χ1n) is 14.1. The highest BCUT2D eigenvalue weighted by Crippen LogP contribution is 2.33. The topological polar surface area (TPSA) is 98.5 Å². The third-order valence-corrected chi connectivity index (χ3v) is 7.61. The molecule has 3 aromatic carbocycles. The van der Waals surface area contributed by atoms with Crippen LogP contribution < -0.4 is 14.9 Å². The summed E-state index contributed by atoms with van der Waals surface area (Å²) in [5.74, 6) is 0.465. The Labute approximate surface area is 243 Å². The number of ether oxygens (including phenoxy) is 3. The number of fused-ring (bicyclic) bond motifs is 2. The number of amides is 2. The van der Waals surface area contributed by atoms with Crippen LogP contribution in [0.3, 0.4) is 0 Å². The van der Waals surface area contributed by atoms with Gasteiger partial charge in [0.1, 0.15) is 12.1 Å². The Balaban J connectivity index is 1.29. The zero-order valence-corrected chi connectivity index (χ0v) is 23.4. The first-order chi connectivity index (χ1) is 20.4. The van der Waals surface area contributed by atoms with E-state index in [1.807, 2.05) is 43.3 Å². The molecule has 1 saturated heterocycles. The van der Waals surface area contributed by atoms with Crippen molar-refractivity contribution in [2.45, 2.75) is 39.0 Å². The number of rotatable bonds is 9. The number of carbonyl (C=O) groups is 2. The van der Waals surface area contributed by atoms with Gasteiger partial charge in [-0.05, 0) is 55.7 Å². The van der Waals surface area contributed by atoms with Gasteiger partial charge in [0.25, 0.3) is 5.91 Å². The summed E-state index contributed by atoms with van der Waals surface area (Å²) in [6, 6.07) is 20.0. The molecule has 9 heteroatoms. The van der Waals surface area contributed by atoms with Gasteiger partial charge < -0.3 is 28.4 Å². The minimum atomic E-state index is -0.308. The van der Waals surface area contributed by atoms with Gasteiger partial charge in [-0.25, -0.2) is 0 Å². The van der Waals surface area contributed by atoms with Crippen LogP contribution >= 0.6 is 0 Å². The summed E-state index contributed by atoms with van der Waals surface area (Å²) in [6.07, 6.45) is 2.98. The van der Waals surface area contributed by atoms with Crippen LogP contribution in [-0.4, -0.2) is 54.2 Å². The summed E-state index contributed by atoms with van der Waals surface area (Å²) in [6.45, 7) is 3.02. The van der Waals surface area contributed by atoms with Crippen molar-refractivity contribution in [1.29, 1.82) is 0 Å². The number of benzene rings is 3. The number of carbonyl (C=O) groups excluding carboxylic acids is 2. The minimum absolute atomic E-state index is 0.0337. The van der Waals surface area contributed by atoms with E-state index in [1.54, 1.807) is 35.2 Å². The van der Waals surface area contributed by atoms with Crippen molar-refractivity contribution < 1.29 is 28.2 Å². The predicted octanol–water partition coefficient (Wildman–Crippen LogP) is 4.68. The molecule has 0 aliphatic carbocycles. The lowest BCUT2D eigenvalue weighted by Gasteiger charge is -2.29. The zero-order chi connectivity index (χ0) is 29.1. The number of hydrogen-bond donors (Lipinski definition) is 0. The largest absolute Gasteiger partial charge is 0.464 e. The molecule has 0 radical (unpaired) electrons. The molecule has 0 bridgehead atoms. The van der Waals surface area contributed by atoms with Gasteiger partial charge in [-0.2, -0.15) is 0 Å². The highest BCUT2D eigenvalue weighted by Gasteiger charge is 2.29. The van der Waals surface area contributed by atoms with Crippen molar-refractivity contribution in [3.8, 4) is 11.5 Å². The maximum absolute atomic E-state index is 14.0. The van der Waals surface area contributed by atoms with Gasteiger partial charge in [-0.1, -0.05) is 42.0 Å². The second-order valence-corrected chi connectivity index (χ2v) is 10.7. The predicted molar refractivity (Wildman–Crippen MR) is 155 cm³/mol. The SMILES string of the molecule is Cc1ccc2occ(CN(Cc3ccccc3)C(=O)CN(CC3CCCO3)C(=O)c3ccc4c(c3)OCO4)c(=O)c2c1. The fraction of sp³-hybridized carbons (Fsp3) is 0.303. The van der Waals surface area contributed by atoms with Gasteiger partial charge in [0.15, 0.2) is 16.9 Å². The Morgan fingerprint density at radius 2 is 1.76 bits per heavy atom. The molecule has 1 fully saturated rings. The average Bonchev–Trinajstić information content (AvgIpc) is 3.70. The third kappa shape index (κ3) is 6.01. The lowest BCUT2D eigenvalue weighted by atomic mass is 10.1. The molecule has 0 spiro atoms. The minimum Gasteiger partial charge on any atom is -0.464 e. The van der Waals surface area contributed by atoms with E-state index in [0.717, 1.165) is 24.0 Å². The van der Waals surface area contributed by atoms with E-state index in [1.165, 1.54) is 11.2 Å². The Morgan fingerprint density at radius 1 is 0.929 bits per heavy atom. The maximum Gasteiger partial charge on any atom is 0.254 e. The van der Waals surface area contributed by atoms with E-state index in [2.05, 4.69) is 0 Å². The molecule has 3 heterocycles. The highest BCUT2D eigenvalue weighted by molar-refractivity contribution is 5.97. The van der Waals surface area contributed by atoms with E-state index < -0.39 is 0 Å². The quantitative estimate of drug-likeness (QED) is 0.289. The van der Waals surface area contributed by atoms with E-state index in [-0.39, 0.29) is 56.3 Å². The first-order valence-corrected chi connectivity index (χ1v) is 14.1. The molecule has 2 aliphatic heterocycles. The normalized spacial score (nSPS) is 15.6. The fourth-order valence-corrected chi connectivity index (χ4v) is 5.36. The second-order valence-electron chi connectivity index (χ2n) is 10.7. The summed E-state index contributed by atoms with van der Waals surface area (Å²) >= 11 is 0. The average molecular weight is 569 g/mol. The van der Waals surface area contributed by atoms with Crippen LogP contribution in [-0.2, 0) is 22.6 Å². The molecule has 1 atom stereocenters. The summed E-state index contributed by atoms with van der Waals surface area (Å²) < 4.78 is 22.5. The van der Waals surface area contributed by atoms with Crippen LogP contribution in [0.4, 0.5) is 0 Å². The van der Waals surface area contributed by atoms with E-state index >= 15 is 0 Å². The van der Waals surface area contributed by atoms with Crippen molar-refractivity contribution >= 4 is 22.8 Å². The summed E-state index contributed by atoms with van der Waals surface area (Å²) in [4.78, 5) is 44.3. The van der Waals surface area contributed by atoms with E-state index in [9.17, 15) is 14.4 Å². The second kappa shape index (κ2) is 12.1. The van der Waals surface area contributed by atoms with Crippen LogP contribution in [0, 0.1) is 6.92 Å². The molecule has 9 nitrogen and oxygen atoms in total. The standard InChI is InChI=1S/C33H32N2O7/c1-22-9-11-28-27(14-22)32(37)25(20-40-28)17-34(16-23-6-3-2-4-7-23)31(36)19-35(18-26-8-5-13-39-26)33(38)24-10-12-29-30(15-24)42-21-41-29/h2-4,6-7,9-12,14-15,20,26H,5,8,13,16-19,21H2,1H3. The Bertz CT molecular complexity index is 1660. The molecule has 2 aliphatic rings. The lowest BCUT2D eigenvalue weighted by Crippen LogP contribution is -2.45. The number of nitrogens with zero attached hydrogens (tertiary/aromatic N) is 2. The highest BCUT2D eigenvalue weighted by atomic mass is 16.7.